The molecule has 1 aliphatic carbocycles. The molecule has 1 radical (unpaired) electrons. The van der Waals surface area contributed by atoms with Gasteiger partial charge in [0.25, 0.3) is 0 Å². The van der Waals surface area contributed by atoms with E-state index in [9.17, 15) is 0 Å². The lowest BCUT2D eigenvalue weighted by Crippen LogP contribution is -1.88. The topological polar surface area (TPSA) is 20.2 Å². The third kappa shape index (κ3) is 0.808. The molecule has 0 unspecified atom stereocenters. The van der Waals surface area contributed by atoms with Crippen molar-refractivity contribution < 1.29 is 5.11 Å². The molecule has 1 aliphatic rings. The summed E-state index contributed by atoms with van der Waals surface area (Å²) in [4.78, 5) is 0. The van der Waals surface area contributed by atoms with Crippen LogP contribution in [-0.2, 0) is 0 Å². The molecule has 0 saturated carbocycles. The van der Waals surface area contributed by atoms with Crippen LogP contribution in [0.1, 0.15) is 6.42 Å². The molecule has 1 rings (SSSR count). The molecule has 0 heterocycles. The highest BCUT2D eigenvalue weighted by Crippen LogP contribution is 2.12. The van der Waals surface area contributed by atoms with E-state index in [1.165, 1.54) is 0 Å². The maximum absolute atomic E-state index is 8.83. The van der Waals surface area contributed by atoms with Gasteiger partial charge in [-0.05, 0) is 12.0 Å². The first kappa shape index (κ1) is 5.16. The molecule has 0 spiro atoms. The summed E-state index contributed by atoms with van der Waals surface area (Å²) in [6.45, 7) is 3.59. The van der Waals surface area contributed by atoms with Crippen molar-refractivity contribution in [3.8, 4) is 0 Å². The smallest absolute Gasteiger partial charge is 0.126 e. The monoisotopic (exact) mass is 107 g/mol. The van der Waals surface area contributed by atoms with Crippen molar-refractivity contribution in [2.24, 2.45) is 0 Å². The van der Waals surface area contributed by atoms with Crippen molar-refractivity contribution in [2.45, 2.75) is 6.42 Å². The lowest BCUT2D eigenvalue weighted by Gasteiger charge is -2.01. The van der Waals surface area contributed by atoms with Gasteiger partial charge in [0, 0.05) is 6.08 Å². The van der Waals surface area contributed by atoms with Gasteiger partial charge in [0.15, 0.2) is 0 Å². The Morgan fingerprint density at radius 2 is 2.50 bits per heavy atom. The fraction of sp³-hybridized carbons (Fsp3) is 0.143. The number of hydrogen-bond donors (Lipinski definition) is 1. The molecule has 0 aromatic heterocycles. The second-order valence-electron chi connectivity index (χ2n) is 1.70. The van der Waals surface area contributed by atoms with E-state index in [1.54, 1.807) is 6.08 Å². The molecule has 0 bridgehead atoms. The molecule has 0 aliphatic heterocycles. The van der Waals surface area contributed by atoms with Crippen molar-refractivity contribution in [3.63, 3.8) is 0 Å². The van der Waals surface area contributed by atoms with Crippen molar-refractivity contribution in [1.29, 1.82) is 0 Å². The molecule has 0 atom stereocenters. The Balaban J connectivity index is 2.80. The molecule has 0 aromatic rings. The first-order valence-electron chi connectivity index (χ1n) is 2.46. The lowest BCUT2D eigenvalue weighted by atomic mass is 10.1. The van der Waals surface area contributed by atoms with E-state index in [1.807, 2.05) is 6.08 Å². The number of aliphatic hydroxyl groups excluding tert-OH is 1. The number of hydrogen-bond acceptors (Lipinski definition) is 1. The molecule has 41 valence electrons. The van der Waals surface area contributed by atoms with Crippen molar-refractivity contribution in [2.75, 3.05) is 0 Å². The third-order valence-corrected chi connectivity index (χ3v) is 1.04. The van der Waals surface area contributed by atoms with Crippen LogP contribution in [0.25, 0.3) is 0 Å². The van der Waals surface area contributed by atoms with Crippen molar-refractivity contribution in [3.05, 3.63) is 36.1 Å². The minimum atomic E-state index is 0.188. The van der Waals surface area contributed by atoms with Crippen LogP contribution in [0, 0.1) is 6.08 Å². The van der Waals surface area contributed by atoms with Gasteiger partial charge in [-0.1, -0.05) is 18.7 Å². The molecule has 0 amide bonds. The van der Waals surface area contributed by atoms with Gasteiger partial charge in [-0.25, -0.2) is 0 Å². The van der Waals surface area contributed by atoms with Crippen molar-refractivity contribution >= 4 is 0 Å². The van der Waals surface area contributed by atoms with E-state index in [4.69, 9.17) is 5.11 Å². The van der Waals surface area contributed by atoms with Crippen LogP contribution >= 0.6 is 0 Å². The van der Waals surface area contributed by atoms with Crippen LogP contribution in [0.4, 0.5) is 0 Å². The fourth-order valence-electron chi connectivity index (χ4n) is 0.538. The summed E-state index contributed by atoms with van der Waals surface area (Å²) in [5.74, 6) is 0.188. The van der Waals surface area contributed by atoms with Crippen LogP contribution in [0.15, 0.2) is 30.1 Å². The van der Waals surface area contributed by atoms with Gasteiger partial charge in [-0.3, -0.25) is 0 Å². The summed E-state index contributed by atoms with van der Waals surface area (Å²) in [7, 11) is 0. The zero-order valence-corrected chi connectivity index (χ0v) is 4.52. The highest BCUT2D eigenvalue weighted by atomic mass is 16.3. The summed E-state index contributed by atoms with van der Waals surface area (Å²) < 4.78 is 0. The fourth-order valence-corrected chi connectivity index (χ4v) is 0.538. The first-order valence-corrected chi connectivity index (χ1v) is 2.46. The highest BCUT2D eigenvalue weighted by molar-refractivity contribution is 5.28. The summed E-state index contributed by atoms with van der Waals surface area (Å²) in [5, 5.41) is 8.83. The molecule has 0 fully saturated rings. The van der Waals surface area contributed by atoms with Crippen LogP contribution in [0.3, 0.4) is 0 Å². The van der Waals surface area contributed by atoms with Gasteiger partial charge >= 0.3 is 0 Å². The van der Waals surface area contributed by atoms with Gasteiger partial charge in [0.05, 0.1) is 0 Å². The SMILES string of the molecule is C=C1CC=C[C]=C1O. The molecule has 8 heavy (non-hydrogen) atoms. The van der Waals surface area contributed by atoms with Crippen LogP contribution in [-0.4, -0.2) is 5.11 Å². The quantitative estimate of drug-likeness (QED) is 0.500. The molecular weight excluding hydrogens is 100 g/mol. The maximum Gasteiger partial charge on any atom is 0.126 e. The van der Waals surface area contributed by atoms with Crippen molar-refractivity contribution in [1.82, 2.24) is 0 Å². The van der Waals surface area contributed by atoms with E-state index in [0.717, 1.165) is 12.0 Å². The summed E-state index contributed by atoms with van der Waals surface area (Å²) in [6.07, 6.45) is 6.98. The standard InChI is InChI=1S/C7H7O/c1-6-4-2-3-5-7(6)8/h2-3,8H,1,4H2. The van der Waals surface area contributed by atoms with Crippen LogP contribution in [0.2, 0.25) is 0 Å². The first-order chi connectivity index (χ1) is 3.80. The van der Waals surface area contributed by atoms with E-state index in [-0.39, 0.29) is 5.76 Å². The predicted molar refractivity (Wildman–Crippen MR) is 32.3 cm³/mol. The maximum atomic E-state index is 8.83. The second kappa shape index (κ2) is 1.86. The van der Waals surface area contributed by atoms with Gasteiger partial charge < -0.3 is 5.11 Å². The predicted octanol–water partition coefficient (Wildman–Crippen LogP) is 1.75. The van der Waals surface area contributed by atoms with Crippen LogP contribution in [0.5, 0.6) is 0 Å². The van der Waals surface area contributed by atoms with Gasteiger partial charge in [0.2, 0.25) is 0 Å². The number of rotatable bonds is 0. The second-order valence-corrected chi connectivity index (χ2v) is 1.70. The average molecular weight is 107 g/mol. The van der Waals surface area contributed by atoms with Gasteiger partial charge in [0.1, 0.15) is 5.76 Å². The average Bonchev–Trinajstić information content (AvgIpc) is 1.77. The Morgan fingerprint density at radius 3 is 2.88 bits per heavy atom. The zero-order valence-electron chi connectivity index (χ0n) is 4.52. The number of allylic oxidation sites excluding steroid dienone is 4. The van der Waals surface area contributed by atoms with Gasteiger partial charge in [-0.2, -0.15) is 0 Å². The minimum Gasteiger partial charge on any atom is -0.507 e. The molecule has 1 nitrogen and oxygen atoms in total. The minimum absolute atomic E-state index is 0.188. The van der Waals surface area contributed by atoms with E-state index in [2.05, 4.69) is 12.7 Å². The zero-order chi connectivity index (χ0) is 5.98. The third-order valence-electron chi connectivity index (χ3n) is 1.04. The Bertz CT molecular complexity index is 163. The normalized spacial score (nSPS) is 18.5. The van der Waals surface area contributed by atoms with E-state index in [0.29, 0.717) is 0 Å². The molecule has 0 aromatic carbocycles. The summed E-state index contributed by atoms with van der Waals surface area (Å²) >= 11 is 0. The Hall–Kier alpha value is -0.980. The van der Waals surface area contributed by atoms with Gasteiger partial charge in [-0.15, -0.1) is 0 Å². The Kier molecular flexibility index (Phi) is 1.20. The molecule has 0 saturated heterocycles. The highest BCUT2D eigenvalue weighted by Gasteiger charge is 1.99. The molecule has 1 N–H and O–H groups in total. The molecular formula is C7H7O. The summed E-state index contributed by atoms with van der Waals surface area (Å²) in [5.41, 5.74) is 0.743. The van der Waals surface area contributed by atoms with E-state index < -0.39 is 0 Å². The van der Waals surface area contributed by atoms with E-state index >= 15 is 0 Å². The molecule has 1 heteroatoms. The van der Waals surface area contributed by atoms with Crippen LogP contribution < -0.4 is 0 Å². The largest absolute Gasteiger partial charge is 0.507 e. The summed E-state index contributed by atoms with van der Waals surface area (Å²) in [6, 6.07) is 0. The lowest BCUT2D eigenvalue weighted by molar-refractivity contribution is 0.418. The Labute approximate surface area is 48.6 Å². The number of aliphatic hydroxyl groups is 1. The Morgan fingerprint density at radius 1 is 1.75 bits per heavy atom.